The number of alkyl halides is 2. The maximum Gasteiger partial charge on any atom is 0.254 e. The summed E-state index contributed by atoms with van der Waals surface area (Å²) in [5.41, 5.74) is -0.566. The zero-order valence-corrected chi connectivity index (χ0v) is 10.4. The van der Waals surface area contributed by atoms with Crippen molar-refractivity contribution in [2.75, 3.05) is 19.7 Å². The smallest absolute Gasteiger partial charge is 0.254 e. The van der Waals surface area contributed by atoms with E-state index >= 15 is 0 Å². The predicted octanol–water partition coefficient (Wildman–Crippen LogP) is 2.27. The van der Waals surface area contributed by atoms with E-state index in [9.17, 15) is 13.9 Å². The van der Waals surface area contributed by atoms with Crippen molar-refractivity contribution in [1.29, 1.82) is 0 Å². The summed E-state index contributed by atoms with van der Waals surface area (Å²) in [5, 5.41) is 9.32. The minimum absolute atomic E-state index is 0.101. The van der Waals surface area contributed by atoms with Gasteiger partial charge in [-0.15, -0.1) is 0 Å². The molecule has 2 saturated carbocycles. The van der Waals surface area contributed by atoms with E-state index in [2.05, 4.69) is 11.8 Å². The molecule has 1 saturated heterocycles. The molecule has 1 aliphatic heterocycles. The minimum atomic E-state index is -2.40. The number of nitrogens with zero attached hydrogens (tertiary/aromatic N) is 1. The summed E-state index contributed by atoms with van der Waals surface area (Å²) >= 11 is 0. The van der Waals surface area contributed by atoms with Gasteiger partial charge in [-0.1, -0.05) is 0 Å². The maximum atomic E-state index is 13.3. The van der Waals surface area contributed by atoms with E-state index in [1.807, 2.05) is 0 Å². The highest BCUT2D eigenvalue weighted by Gasteiger charge is 2.71. The van der Waals surface area contributed by atoms with Crippen molar-refractivity contribution in [2.45, 2.75) is 51.0 Å². The van der Waals surface area contributed by atoms with Crippen LogP contribution in [0, 0.1) is 10.8 Å². The van der Waals surface area contributed by atoms with Gasteiger partial charge in [0.25, 0.3) is 5.92 Å². The summed E-state index contributed by atoms with van der Waals surface area (Å²) < 4.78 is 26.7. The Kier molecular flexibility index (Phi) is 2.38. The second-order valence-corrected chi connectivity index (χ2v) is 6.59. The quantitative estimate of drug-likeness (QED) is 0.824. The van der Waals surface area contributed by atoms with Crippen LogP contribution in [0.2, 0.25) is 0 Å². The highest BCUT2D eigenvalue weighted by molar-refractivity contribution is 5.13. The molecule has 1 spiro atoms. The fourth-order valence-corrected chi connectivity index (χ4v) is 3.46. The molecule has 0 aromatic rings. The summed E-state index contributed by atoms with van der Waals surface area (Å²) in [6.07, 6.45) is 3.54. The van der Waals surface area contributed by atoms with E-state index in [-0.39, 0.29) is 24.5 Å². The third-order valence-corrected chi connectivity index (χ3v) is 5.23. The van der Waals surface area contributed by atoms with Gasteiger partial charge in [-0.25, -0.2) is 8.78 Å². The van der Waals surface area contributed by atoms with Crippen molar-refractivity contribution in [3.8, 4) is 0 Å². The lowest BCUT2D eigenvalue weighted by molar-refractivity contribution is 0.00415. The first-order valence-electron chi connectivity index (χ1n) is 6.65. The van der Waals surface area contributed by atoms with Gasteiger partial charge in [0, 0.05) is 36.4 Å². The molecule has 4 heteroatoms. The Bertz CT molecular complexity index is 329. The Labute approximate surface area is 101 Å². The molecular formula is C13H21F2NO. The third kappa shape index (κ3) is 1.80. The lowest BCUT2D eigenvalue weighted by atomic mass is 9.87. The number of halogens is 2. The first-order valence-corrected chi connectivity index (χ1v) is 6.65. The molecule has 2 nitrogen and oxygen atoms in total. The van der Waals surface area contributed by atoms with Crippen LogP contribution in [0.3, 0.4) is 0 Å². The number of likely N-dealkylation sites (tertiary alicyclic amines) is 1. The predicted molar refractivity (Wildman–Crippen MR) is 61.0 cm³/mol. The fraction of sp³-hybridized carbons (Fsp3) is 1.00. The molecule has 0 aromatic heterocycles. The van der Waals surface area contributed by atoms with E-state index in [4.69, 9.17) is 0 Å². The van der Waals surface area contributed by atoms with Gasteiger partial charge in [-0.3, -0.25) is 4.90 Å². The van der Waals surface area contributed by atoms with E-state index < -0.39 is 11.3 Å². The molecule has 2 atom stereocenters. The zero-order chi connectivity index (χ0) is 12.3. The first-order chi connectivity index (χ1) is 7.92. The molecule has 98 valence electrons. The van der Waals surface area contributed by atoms with Crippen molar-refractivity contribution >= 4 is 0 Å². The highest BCUT2D eigenvalue weighted by atomic mass is 19.3. The molecule has 0 amide bonds. The van der Waals surface area contributed by atoms with Crippen LogP contribution in [0.15, 0.2) is 0 Å². The minimum Gasteiger partial charge on any atom is -0.396 e. The van der Waals surface area contributed by atoms with Gasteiger partial charge in [0.15, 0.2) is 0 Å². The van der Waals surface area contributed by atoms with Gasteiger partial charge in [-0.05, 0) is 39.2 Å². The van der Waals surface area contributed by atoms with Crippen molar-refractivity contribution in [1.82, 2.24) is 4.90 Å². The van der Waals surface area contributed by atoms with Crippen molar-refractivity contribution < 1.29 is 13.9 Å². The zero-order valence-electron chi connectivity index (χ0n) is 10.4. The van der Waals surface area contributed by atoms with Crippen LogP contribution in [-0.4, -0.2) is 41.7 Å². The average molecular weight is 245 g/mol. The molecule has 2 unspecified atom stereocenters. The molecule has 17 heavy (non-hydrogen) atoms. The van der Waals surface area contributed by atoms with E-state index in [1.165, 1.54) is 0 Å². The Hall–Kier alpha value is -0.220. The largest absolute Gasteiger partial charge is 0.396 e. The average Bonchev–Trinajstić information content (AvgIpc) is 3.12. The number of rotatable bonds is 3. The lowest BCUT2D eigenvalue weighted by Crippen LogP contribution is -2.46. The SMILES string of the molecule is CC1CC2(CCN1CC1(CO)CC1)CC2(F)F. The van der Waals surface area contributed by atoms with E-state index in [0.29, 0.717) is 12.8 Å². The summed E-state index contributed by atoms with van der Waals surface area (Å²) in [6, 6.07) is 0.237. The van der Waals surface area contributed by atoms with E-state index in [1.54, 1.807) is 0 Å². The summed E-state index contributed by atoms with van der Waals surface area (Å²) in [4.78, 5) is 2.31. The molecule has 0 bridgehead atoms. The second kappa shape index (κ2) is 3.41. The van der Waals surface area contributed by atoms with Gasteiger partial charge in [0.2, 0.25) is 0 Å². The van der Waals surface area contributed by atoms with E-state index in [0.717, 1.165) is 25.9 Å². The molecule has 3 fully saturated rings. The van der Waals surface area contributed by atoms with Crippen LogP contribution < -0.4 is 0 Å². The van der Waals surface area contributed by atoms with Crippen LogP contribution in [-0.2, 0) is 0 Å². The Morgan fingerprint density at radius 1 is 1.29 bits per heavy atom. The summed E-state index contributed by atoms with van der Waals surface area (Å²) in [6.45, 7) is 3.98. The van der Waals surface area contributed by atoms with Crippen molar-refractivity contribution in [2.24, 2.45) is 10.8 Å². The molecule has 1 heterocycles. The Morgan fingerprint density at radius 3 is 2.35 bits per heavy atom. The van der Waals surface area contributed by atoms with Crippen LogP contribution in [0.25, 0.3) is 0 Å². The van der Waals surface area contributed by atoms with Crippen LogP contribution in [0.5, 0.6) is 0 Å². The van der Waals surface area contributed by atoms with Gasteiger partial charge in [-0.2, -0.15) is 0 Å². The fourth-order valence-electron chi connectivity index (χ4n) is 3.46. The van der Waals surface area contributed by atoms with Gasteiger partial charge >= 0.3 is 0 Å². The van der Waals surface area contributed by atoms with Crippen LogP contribution in [0.4, 0.5) is 8.78 Å². The van der Waals surface area contributed by atoms with Crippen LogP contribution >= 0.6 is 0 Å². The molecule has 1 N–H and O–H groups in total. The molecule has 3 aliphatic rings. The number of hydrogen-bond acceptors (Lipinski definition) is 2. The summed E-state index contributed by atoms with van der Waals surface area (Å²) in [7, 11) is 0. The van der Waals surface area contributed by atoms with Crippen molar-refractivity contribution in [3.63, 3.8) is 0 Å². The topological polar surface area (TPSA) is 23.5 Å². The number of piperidine rings is 1. The molecule has 2 aliphatic carbocycles. The summed E-state index contributed by atoms with van der Waals surface area (Å²) in [5.74, 6) is -2.40. The number of aliphatic hydroxyl groups excluding tert-OH is 1. The lowest BCUT2D eigenvalue weighted by Gasteiger charge is -2.39. The van der Waals surface area contributed by atoms with Crippen molar-refractivity contribution in [3.05, 3.63) is 0 Å². The first kappa shape index (κ1) is 11.8. The molecule has 0 aromatic carbocycles. The van der Waals surface area contributed by atoms with Gasteiger partial charge < -0.3 is 5.11 Å². The maximum absolute atomic E-state index is 13.3. The Morgan fingerprint density at radius 2 is 1.94 bits per heavy atom. The monoisotopic (exact) mass is 245 g/mol. The second-order valence-electron chi connectivity index (χ2n) is 6.59. The van der Waals surface area contributed by atoms with Gasteiger partial charge in [0.05, 0.1) is 0 Å². The van der Waals surface area contributed by atoms with Crippen LogP contribution in [0.1, 0.15) is 39.0 Å². The highest BCUT2D eigenvalue weighted by Crippen LogP contribution is 2.66. The number of hydrogen-bond donors (Lipinski definition) is 1. The standard InChI is InChI=1S/C13H21F2NO/c1-10-6-12(7-13(12,14)15)4-5-16(10)8-11(9-17)2-3-11/h10,17H,2-9H2,1H3. The molecule has 0 radical (unpaired) electrons. The molecular weight excluding hydrogens is 224 g/mol. The normalized spacial score (nSPS) is 42.7. The molecule has 3 rings (SSSR count). The third-order valence-electron chi connectivity index (χ3n) is 5.23. The number of aliphatic hydroxyl groups is 1. The Balaban J connectivity index is 1.60. The van der Waals surface area contributed by atoms with Gasteiger partial charge in [0.1, 0.15) is 0 Å².